The number of rotatable bonds is 24. The molecule has 0 radical (unpaired) electrons. The van der Waals surface area contributed by atoms with E-state index in [0.29, 0.717) is 11.0 Å². The molecule has 0 bridgehead atoms. The van der Waals surface area contributed by atoms with Gasteiger partial charge in [0.2, 0.25) is 17.7 Å². The Kier molecular flexibility index (Phi) is 18.1. The Labute approximate surface area is 441 Å². The summed E-state index contributed by atoms with van der Waals surface area (Å²) in [5, 5.41) is 35.5. The summed E-state index contributed by atoms with van der Waals surface area (Å²) in [5.74, 6) is -2.24. The highest BCUT2D eigenvalue weighted by Gasteiger charge is 2.53. The number of imidazole rings is 2. The number of hydrogen-bond donors (Lipinski definition) is 11. The third kappa shape index (κ3) is 13.5. The highest BCUT2D eigenvalue weighted by molar-refractivity contribution is 7.66. The standard InChI is InChI=1S/C37H53N13O25P4/c1-4-5-7-40-21(52)9-16-17(70-33(24(16)53)50-15-47(2)23-31(50)45-36(39)46-32(23)56)10-68-77(60,61)74-79(64,65)75-78(62,63)69-12-19-27(28(66-3)35(72-19)49-14-43-22-29(38)41-13-42-30(22)49)73-76(58,59)67-11-18-25(54)26(55)34(71-18)48-8-6-20(51)44-37(48)57/h6,8,13-19,24-28,33-35,53-55H,4-5,7,9-12H2,1-3H3,(H10-,38,39,40,41,42,44,45,46,51,52,56,57,58,59,60,61,62,63,64,65)/t16?,17-,18-,19-,24-,25-,26-,27-,28-,33?,34-,35-/m1/s1. The van der Waals surface area contributed by atoms with E-state index in [0.717, 1.165) is 38.4 Å². The van der Waals surface area contributed by atoms with Crippen LogP contribution in [0.2, 0.25) is 0 Å². The highest BCUT2D eigenvalue weighted by atomic mass is 31.3. The number of nitrogen functional groups attached to an aromatic ring is 2. The molecule has 0 aliphatic carbocycles. The zero-order valence-electron chi connectivity index (χ0n) is 41.2. The van der Waals surface area contributed by atoms with E-state index in [2.05, 4.69) is 38.9 Å². The molecule has 6 unspecified atom stereocenters. The first kappa shape index (κ1) is 60.0. The van der Waals surface area contributed by atoms with E-state index in [1.807, 2.05) is 11.9 Å². The van der Waals surface area contributed by atoms with Gasteiger partial charge in [-0.3, -0.25) is 51.7 Å². The van der Waals surface area contributed by atoms with Crippen molar-refractivity contribution in [2.75, 3.05) is 44.9 Å². The molecule has 0 spiro atoms. The van der Waals surface area contributed by atoms with Crippen molar-refractivity contribution in [2.24, 2.45) is 13.0 Å². The van der Waals surface area contributed by atoms with Gasteiger partial charge in [0, 0.05) is 38.3 Å². The summed E-state index contributed by atoms with van der Waals surface area (Å²) >= 11 is 0. The summed E-state index contributed by atoms with van der Waals surface area (Å²) in [4.78, 5) is 115. The Bertz CT molecular complexity index is 3430. The number of hydrogen-bond acceptors (Lipinski definition) is 28. The molecule has 5 aromatic rings. The number of nitrogens with two attached hydrogens (primary N) is 2. The van der Waals surface area contributed by atoms with Crippen LogP contribution in [0.4, 0.5) is 11.8 Å². The molecule has 8 rings (SSSR count). The molecule has 1 amide bonds. The minimum atomic E-state index is -6.25. The maximum Gasteiger partial charge on any atom is 0.490 e. The maximum absolute atomic E-state index is 13.5. The van der Waals surface area contributed by atoms with Gasteiger partial charge in [-0.25, -0.2) is 38.0 Å². The number of methoxy groups -OCH3 is 1. The second-order valence-electron chi connectivity index (χ2n) is 17.8. The van der Waals surface area contributed by atoms with Crippen molar-refractivity contribution in [1.82, 2.24) is 48.9 Å². The summed E-state index contributed by atoms with van der Waals surface area (Å²) in [7, 11) is -21.3. The molecule has 5 aromatic heterocycles. The van der Waals surface area contributed by atoms with Crippen LogP contribution in [0.25, 0.3) is 22.3 Å². The van der Waals surface area contributed by atoms with Crippen LogP contribution in [0.3, 0.4) is 0 Å². The van der Waals surface area contributed by atoms with Gasteiger partial charge in [-0.2, -0.15) is 8.62 Å². The Morgan fingerprint density at radius 2 is 1.53 bits per heavy atom. The third-order valence-electron chi connectivity index (χ3n) is 12.4. The van der Waals surface area contributed by atoms with Gasteiger partial charge in [-0.1, -0.05) is 18.3 Å². The molecular weight excluding hydrogens is 1150 g/mol. The zero-order chi connectivity index (χ0) is 57.5. The molecule has 8 heterocycles. The van der Waals surface area contributed by atoms with Crippen LogP contribution < -0.4 is 43.1 Å². The van der Waals surface area contributed by atoms with E-state index in [4.69, 9.17) is 48.5 Å². The number of carbonyl (C=O) groups excluding carboxylic acids is 1. The predicted octanol–water partition coefficient (Wildman–Crippen LogP) is -3.95. The number of phosphoric acid groups is 4. The first-order valence-electron chi connectivity index (χ1n) is 23.3. The van der Waals surface area contributed by atoms with Gasteiger partial charge in [0.05, 0.1) is 39.3 Å². The number of anilines is 2. The quantitative estimate of drug-likeness (QED) is 0.0160. The van der Waals surface area contributed by atoms with E-state index in [1.54, 1.807) is 0 Å². The number of H-pyrrole nitrogens is 2. The lowest BCUT2D eigenvalue weighted by Crippen LogP contribution is -2.45. The Morgan fingerprint density at radius 1 is 0.861 bits per heavy atom. The van der Waals surface area contributed by atoms with Crippen LogP contribution in [-0.2, 0) is 75.8 Å². The summed E-state index contributed by atoms with van der Waals surface area (Å²) in [6.45, 7) is -1.32. The fourth-order valence-electron chi connectivity index (χ4n) is 8.81. The number of aromatic nitrogens is 10. The van der Waals surface area contributed by atoms with Gasteiger partial charge in [0.15, 0.2) is 30.2 Å². The number of aliphatic hydroxyl groups is 3. The number of nitrogens with one attached hydrogen (secondary N) is 3. The Balaban J connectivity index is 0.950. The molecule has 3 aliphatic heterocycles. The minimum absolute atomic E-state index is 0.0102. The zero-order valence-corrected chi connectivity index (χ0v) is 44.8. The first-order chi connectivity index (χ1) is 37.1. The number of aryl methyl sites for hydroxylation is 1. The molecule has 3 saturated heterocycles. The topological polar surface area (TPSA) is 539 Å². The van der Waals surface area contributed by atoms with Gasteiger partial charge in [0.1, 0.15) is 54.6 Å². The maximum atomic E-state index is 13.5. The van der Waals surface area contributed by atoms with Gasteiger partial charge < -0.3 is 79.7 Å². The monoisotopic (exact) mass is 1200 g/mol. The average molecular weight is 1200 g/mol. The van der Waals surface area contributed by atoms with E-state index < -0.39 is 154 Å². The molecule has 79 heavy (non-hydrogen) atoms. The number of fused-ring (bicyclic) bond motifs is 2. The molecule has 13 N–H and O–H groups in total. The van der Waals surface area contributed by atoms with Crippen LogP contribution in [0.15, 0.2) is 45.6 Å². The number of ether oxygens (including phenoxy) is 4. The van der Waals surface area contributed by atoms with Crippen molar-refractivity contribution >= 4 is 71.3 Å². The summed E-state index contributed by atoms with van der Waals surface area (Å²) in [5.41, 5.74) is 9.12. The van der Waals surface area contributed by atoms with Crippen molar-refractivity contribution in [3.63, 3.8) is 0 Å². The average Bonchev–Trinajstić information content (AvgIpc) is 4.39. The van der Waals surface area contributed by atoms with Crippen molar-refractivity contribution < 1.29 is 108 Å². The third-order valence-corrected chi connectivity index (χ3v) is 17.6. The number of amides is 1. The molecule has 42 heteroatoms. The van der Waals surface area contributed by atoms with E-state index in [1.165, 1.54) is 27.1 Å². The number of phosphoric ester groups is 3. The molecule has 3 fully saturated rings. The SMILES string of the molecule is CCCCNC(=O)CC1[C@@H](O)C([n+]2cn(C)c3c(=O)[nH]c(N)nc32)O[C@@H]1COP(=O)(O)OP(=O)(O)OP(=O)(O)OC[C@H]1O[C@@H](n2cnc3c(N)ncnc32)[C@H](OC)[C@@H]1OP(=O)([O-])OC[C@H]1O[C@@H](n2ccc(=O)[nH]c2=O)[C@H](O)[C@@H]1O. The summed E-state index contributed by atoms with van der Waals surface area (Å²) in [6, 6.07) is 0.912. The number of nitrogens with zero attached hydrogens (tertiary/aromatic N) is 8. The molecule has 16 atom stereocenters. The largest absolute Gasteiger partial charge is 0.756 e. The number of unbranched alkanes of at least 4 members (excludes halogenated alkanes) is 1. The van der Waals surface area contributed by atoms with E-state index in [-0.39, 0.29) is 40.6 Å². The second-order valence-corrected chi connectivity index (χ2v) is 23.8. The predicted molar refractivity (Wildman–Crippen MR) is 256 cm³/mol. The molecule has 436 valence electrons. The molecule has 0 aromatic carbocycles. The molecular formula is C37H53N13O25P4. The van der Waals surface area contributed by atoms with Gasteiger partial charge in [0.25, 0.3) is 24.9 Å². The first-order valence-corrected chi connectivity index (χ1v) is 29.2. The van der Waals surface area contributed by atoms with Crippen molar-refractivity contribution in [2.45, 2.75) is 93.7 Å². The summed E-state index contributed by atoms with van der Waals surface area (Å²) in [6.07, 6.45) is -13.4. The second kappa shape index (κ2) is 23.8. The van der Waals surface area contributed by atoms with Crippen LogP contribution >= 0.6 is 31.3 Å². The number of aliphatic hydroxyl groups excluding tert-OH is 3. The lowest BCUT2D eigenvalue weighted by atomic mass is 9.94. The highest BCUT2D eigenvalue weighted by Crippen LogP contribution is 2.68. The van der Waals surface area contributed by atoms with Gasteiger partial charge >= 0.3 is 34.8 Å². The van der Waals surface area contributed by atoms with Crippen LogP contribution in [0, 0.1) is 5.92 Å². The number of aromatic amines is 2. The van der Waals surface area contributed by atoms with E-state index in [9.17, 15) is 72.3 Å². The van der Waals surface area contributed by atoms with Crippen LogP contribution in [0.1, 0.15) is 44.9 Å². The fourth-order valence-corrected chi connectivity index (χ4v) is 13.3. The van der Waals surface area contributed by atoms with E-state index >= 15 is 0 Å². The van der Waals surface area contributed by atoms with Crippen LogP contribution in [0.5, 0.6) is 0 Å². The fraction of sp³-hybridized carbons (Fsp3) is 0.595. The molecule has 38 nitrogen and oxygen atoms in total. The molecule has 0 saturated carbocycles. The van der Waals surface area contributed by atoms with Crippen molar-refractivity contribution in [3.05, 3.63) is 62.4 Å². The van der Waals surface area contributed by atoms with Gasteiger partial charge in [-0.05, 0) is 6.42 Å². The Morgan fingerprint density at radius 3 is 2.20 bits per heavy atom. The van der Waals surface area contributed by atoms with Crippen LogP contribution in [-0.4, -0.2) is 162 Å². The normalized spacial score (nSPS) is 29.3. The summed E-state index contributed by atoms with van der Waals surface area (Å²) < 4.78 is 109. The lowest BCUT2D eigenvalue weighted by molar-refractivity contribution is -0.745. The number of carbonyl (C=O) groups is 1. The lowest BCUT2D eigenvalue weighted by Gasteiger charge is -2.31. The van der Waals surface area contributed by atoms with Crippen molar-refractivity contribution in [1.29, 1.82) is 0 Å². The molecule has 3 aliphatic rings. The van der Waals surface area contributed by atoms with Gasteiger partial charge in [-0.15, -0.1) is 0 Å². The minimum Gasteiger partial charge on any atom is -0.756 e. The van der Waals surface area contributed by atoms with Crippen molar-refractivity contribution in [3.8, 4) is 0 Å². The smallest absolute Gasteiger partial charge is 0.490 e. The Hall–Kier alpha value is -5.11.